The van der Waals surface area contributed by atoms with Gasteiger partial charge in [-0.25, -0.2) is 0 Å². The van der Waals surface area contributed by atoms with Gasteiger partial charge in [0, 0.05) is 19.1 Å². The van der Waals surface area contributed by atoms with E-state index < -0.39 is 0 Å². The number of nitrogens with zero attached hydrogens (tertiary/aromatic N) is 1. The maximum Gasteiger partial charge on any atom is 0.0234 e. The molecule has 1 unspecified atom stereocenters. The molecule has 2 N–H and O–H groups in total. The van der Waals surface area contributed by atoms with Crippen molar-refractivity contribution in [3.8, 4) is 0 Å². The van der Waals surface area contributed by atoms with Crippen LogP contribution in [0.2, 0.25) is 0 Å². The number of nitrogens with two attached hydrogens (primary N) is 1. The molecule has 1 aliphatic heterocycles. The lowest BCUT2D eigenvalue weighted by Crippen LogP contribution is -2.38. The maximum atomic E-state index is 6.11. The molecule has 1 aromatic rings. The quantitative estimate of drug-likeness (QED) is 0.826. The van der Waals surface area contributed by atoms with Crippen LogP contribution in [-0.4, -0.2) is 24.0 Å². The number of likely N-dealkylation sites (tertiary alicyclic amines) is 1. The van der Waals surface area contributed by atoms with E-state index >= 15 is 0 Å². The standard InChI is InChI=1S/C14H22N2/c15-14-9-5-2-6-10-16(12-14)11-13-7-3-1-4-8-13/h1,3-4,7-8,14H,2,5-6,9-12,15H2. The van der Waals surface area contributed by atoms with Crippen LogP contribution in [0.25, 0.3) is 0 Å². The normalized spacial score (nSPS) is 23.7. The molecule has 2 nitrogen and oxygen atoms in total. The fourth-order valence-corrected chi connectivity index (χ4v) is 2.42. The zero-order valence-corrected chi connectivity index (χ0v) is 9.94. The van der Waals surface area contributed by atoms with Crippen LogP contribution in [0.1, 0.15) is 31.2 Å². The van der Waals surface area contributed by atoms with Crippen LogP contribution in [0.5, 0.6) is 0 Å². The number of rotatable bonds is 2. The van der Waals surface area contributed by atoms with E-state index in [0.29, 0.717) is 6.04 Å². The molecular formula is C14H22N2. The van der Waals surface area contributed by atoms with Crippen LogP contribution >= 0.6 is 0 Å². The predicted molar refractivity (Wildman–Crippen MR) is 68.2 cm³/mol. The van der Waals surface area contributed by atoms with Gasteiger partial charge < -0.3 is 5.73 Å². The van der Waals surface area contributed by atoms with Crippen molar-refractivity contribution >= 4 is 0 Å². The second kappa shape index (κ2) is 6.02. The van der Waals surface area contributed by atoms with Gasteiger partial charge in [-0.1, -0.05) is 43.2 Å². The zero-order valence-electron chi connectivity index (χ0n) is 9.94. The fraction of sp³-hybridized carbons (Fsp3) is 0.571. The topological polar surface area (TPSA) is 29.3 Å². The third-order valence-electron chi connectivity index (χ3n) is 3.29. The molecule has 1 aliphatic rings. The smallest absolute Gasteiger partial charge is 0.0234 e. The Hall–Kier alpha value is -0.860. The summed E-state index contributed by atoms with van der Waals surface area (Å²) in [6.07, 6.45) is 5.14. The summed E-state index contributed by atoms with van der Waals surface area (Å²) in [5.74, 6) is 0. The highest BCUT2D eigenvalue weighted by Crippen LogP contribution is 2.12. The Bertz CT molecular complexity index is 297. The van der Waals surface area contributed by atoms with Crippen LogP contribution in [-0.2, 0) is 6.54 Å². The van der Waals surface area contributed by atoms with Gasteiger partial charge in [-0.05, 0) is 24.9 Å². The third-order valence-corrected chi connectivity index (χ3v) is 3.29. The number of benzene rings is 1. The Kier molecular flexibility index (Phi) is 4.37. The summed E-state index contributed by atoms with van der Waals surface area (Å²) in [6, 6.07) is 11.1. The molecule has 0 saturated carbocycles. The van der Waals surface area contributed by atoms with Gasteiger partial charge in [0.15, 0.2) is 0 Å². The SMILES string of the molecule is NC1CCCCCN(Cc2ccccc2)C1. The van der Waals surface area contributed by atoms with Crippen LogP contribution in [0.4, 0.5) is 0 Å². The van der Waals surface area contributed by atoms with Crippen LogP contribution in [0.15, 0.2) is 30.3 Å². The monoisotopic (exact) mass is 218 g/mol. The second-order valence-corrected chi connectivity index (χ2v) is 4.83. The third kappa shape index (κ3) is 3.62. The molecule has 1 aromatic carbocycles. The van der Waals surface area contributed by atoms with E-state index in [0.717, 1.165) is 13.1 Å². The van der Waals surface area contributed by atoms with Crippen molar-refractivity contribution < 1.29 is 0 Å². The van der Waals surface area contributed by atoms with Crippen LogP contribution < -0.4 is 5.73 Å². The van der Waals surface area contributed by atoms with Crippen molar-refractivity contribution in [2.24, 2.45) is 5.73 Å². The van der Waals surface area contributed by atoms with Gasteiger partial charge >= 0.3 is 0 Å². The first-order valence-electron chi connectivity index (χ1n) is 6.36. The lowest BCUT2D eigenvalue weighted by atomic mass is 10.0. The Morgan fingerprint density at radius 2 is 1.94 bits per heavy atom. The lowest BCUT2D eigenvalue weighted by Gasteiger charge is -2.28. The van der Waals surface area contributed by atoms with Crippen molar-refractivity contribution in [3.63, 3.8) is 0 Å². The van der Waals surface area contributed by atoms with Gasteiger partial charge in [0.25, 0.3) is 0 Å². The summed E-state index contributed by atoms with van der Waals surface area (Å²) in [5.41, 5.74) is 7.50. The summed E-state index contributed by atoms with van der Waals surface area (Å²) >= 11 is 0. The van der Waals surface area contributed by atoms with E-state index in [4.69, 9.17) is 5.73 Å². The highest BCUT2D eigenvalue weighted by atomic mass is 15.1. The van der Waals surface area contributed by atoms with Gasteiger partial charge in [-0.2, -0.15) is 0 Å². The fourth-order valence-electron chi connectivity index (χ4n) is 2.42. The molecule has 1 fully saturated rings. The van der Waals surface area contributed by atoms with E-state index in [9.17, 15) is 0 Å². The Morgan fingerprint density at radius 1 is 1.12 bits per heavy atom. The molecule has 0 aromatic heterocycles. The molecular weight excluding hydrogens is 196 g/mol. The summed E-state index contributed by atoms with van der Waals surface area (Å²) in [6.45, 7) is 3.30. The molecule has 16 heavy (non-hydrogen) atoms. The molecule has 2 heteroatoms. The Labute approximate surface area is 98.4 Å². The van der Waals surface area contributed by atoms with E-state index in [1.165, 1.54) is 37.8 Å². The first-order valence-corrected chi connectivity index (χ1v) is 6.36. The summed E-state index contributed by atoms with van der Waals surface area (Å²) in [4.78, 5) is 2.50. The predicted octanol–water partition coefficient (Wildman–Crippen LogP) is 2.39. The van der Waals surface area contributed by atoms with Gasteiger partial charge in [0.2, 0.25) is 0 Å². The maximum absolute atomic E-state index is 6.11. The molecule has 0 amide bonds. The first kappa shape index (κ1) is 11.6. The van der Waals surface area contributed by atoms with Crippen molar-refractivity contribution in [1.29, 1.82) is 0 Å². The van der Waals surface area contributed by atoms with E-state index in [1.807, 2.05) is 0 Å². The summed E-state index contributed by atoms with van der Waals surface area (Å²) in [5, 5.41) is 0. The molecule has 0 bridgehead atoms. The van der Waals surface area contributed by atoms with Crippen LogP contribution in [0.3, 0.4) is 0 Å². The van der Waals surface area contributed by atoms with Crippen LogP contribution in [0, 0.1) is 0 Å². The molecule has 2 rings (SSSR count). The average Bonchev–Trinajstić information content (AvgIpc) is 2.27. The molecule has 1 saturated heterocycles. The van der Waals surface area contributed by atoms with Gasteiger partial charge in [0.1, 0.15) is 0 Å². The Balaban J connectivity index is 1.91. The van der Waals surface area contributed by atoms with Crippen molar-refractivity contribution in [1.82, 2.24) is 4.90 Å². The molecule has 0 spiro atoms. The lowest BCUT2D eigenvalue weighted by molar-refractivity contribution is 0.223. The average molecular weight is 218 g/mol. The molecule has 1 atom stereocenters. The minimum atomic E-state index is 0.365. The van der Waals surface area contributed by atoms with E-state index in [2.05, 4.69) is 35.2 Å². The van der Waals surface area contributed by atoms with E-state index in [1.54, 1.807) is 0 Å². The van der Waals surface area contributed by atoms with Crippen molar-refractivity contribution in [2.45, 2.75) is 38.3 Å². The molecule has 0 radical (unpaired) electrons. The highest BCUT2D eigenvalue weighted by molar-refractivity contribution is 5.14. The number of hydrogen-bond acceptors (Lipinski definition) is 2. The number of hydrogen-bond donors (Lipinski definition) is 1. The van der Waals surface area contributed by atoms with Crippen molar-refractivity contribution in [2.75, 3.05) is 13.1 Å². The molecule has 0 aliphatic carbocycles. The van der Waals surface area contributed by atoms with Gasteiger partial charge in [0.05, 0.1) is 0 Å². The molecule has 88 valence electrons. The summed E-state index contributed by atoms with van der Waals surface area (Å²) < 4.78 is 0. The Morgan fingerprint density at radius 3 is 2.75 bits per heavy atom. The van der Waals surface area contributed by atoms with Gasteiger partial charge in [-0.3, -0.25) is 4.90 Å². The zero-order chi connectivity index (χ0) is 11.2. The molecule has 1 heterocycles. The minimum Gasteiger partial charge on any atom is -0.327 e. The van der Waals surface area contributed by atoms with Gasteiger partial charge in [-0.15, -0.1) is 0 Å². The highest BCUT2D eigenvalue weighted by Gasteiger charge is 2.13. The minimum absolute atomic E-state index is 0.365. The first-order chi connectivity index (χ1) is 7.84. The second-order valence-electron chi connectivity index (χ2n) is 4.83. The largest absolute Gasteiger partial charge is 0.327 e. The van der Waals surface area contributed by atoms with Crippen molar-refractivity contribution in [3.05, 3.63) is 35.9 Å². The summed E-state index contributed by atoms with van der Waals surface area (Å²) in [7, 11) is 0. The van der Waals surface area contributed by atoms with E-state index in [-0.39, 0.29) is 0 Å².